The number of hydrogen-bond donors (Lipinski definition) is 2. The Morgan fingerprint density at radius 3 is 2.33 bits per heavy atom. The average Bonchev–Trinajstić information content (AvgIpc) is 1.96. The largest absolute Gasteiger partial charge is 0.507 e. The average molecular weight is 390 g/mol. The molecule has 12 heavy (non-hydrogen) atoms. The van der Waals surface area contributed by atoms with Crippen molar-refractivity contribution in [2.45, 2.75) is 13.0 Å². The first kappa shape index (κ1) is 10.5. The fraction of sp³-hybridized carbons (Fsp3) is 0.250. The molecule has 1 aromatic carbocycles. The highest BCUT2D eigenvalue weighted by molar-refractivity contribution is 14.1. The Balaban J connectivity index is 3.23. The molecule has 0 aliphatic rings. The molecule has 0 saturated carbocycles. The number of rotatable bonds is 1. The molecule has 1 atom stereocenters. The van der Waals surface area contributed by atoms with Gasteiger partial charge in [-0.25, -0.2) is 0 Å². The Bertz CT molecular complexity index is 297. The smallest absolute Gasteiger partial charge is 0.129 e. The minimum atomic E-state index is -0.528. The molecule has 1 rings (SSSR count). The van der Waals surface area contributed by atoms with Crippen molar-refractivity contribution in [3.05, 3.63) is 24.8 Å². The summed E-state index contributed by atoms with van der Waals surface area (Å²) in [4.78, 5) is 0. The molecule has 0 spiro atoms. The van der Waals surface area contributed by atoms with Crippen LogP contribution in [-0.2, 0) is 0 Å². The van der Waals surface area contributed by atoms with Crippen LogP contribution in [-0.4, -0.2) is 10.2 Å². The van der Waals surface area contributed by atoms with E-state index in [1.54, 1.807) is 13.0 Å². The molecule has 0 saturated heterocycles. The lowest BCUT2D eigenvalue weighted by molar-refractivity contribution is 0.198. The predicted molar refractivity (Wildman–Crippen MR) is 64.2 cm³/mol. The number of aromatic hydroxyl groups is 1. The van der Waals surface area contributed by atoms with E-state index in [0.29, 0.717) is 0 Å². The van der Waals surface area contributed by atoms with Gasteiger partial charge in [-0.3, -0.25) is 0 Å². The van der Waals surface area contributed by atoms with E-state index < -0.39 is 6.10 Å². The highest BCUT2D eigenvalue weighted by atomic mass is 127. The second-order valence-corrected chi connectivity index (χ2v) is 4.83. The molecule has 1 unspecified atom stereocenters. The molecular formula is C8H8I2O2. The zero-order valence-corrected chi connectivity index (χ0v) is 10.7. The van der Waals surface area contributed by atoms with Gasteiger partial charge < -0.3 is 10.2 Å². The number of halogens is 2. The van der Waals surface area contributed by atoms with E-state index in [1.807, 2.05) is 6.07 Å². The first-order chi connectivity index (χ1) is 5.52. The van der Waals surface area contributed by atoms with E-state index in [1.165, 1.54) is 0 Å². The highest BCUT2D eigenvalue weighted by Crippen LogP contribution is 2.28. The Labute approximate surface area is 98.3 Å². The number of benzene rings is 1. The van der Waals surface area contributed by atoms with Crippen LogP contribution >= 0.6 is 45.2 Å². The SMILES string of the molecule is CC(O)c1cc(O)c(I)cc1I. The number of phenols is 1. The number of aliphatic hydroxyl groups excluding tert-OH is 1. The van der Waals surface area contributed by atoms with E-state index in [2.05, 4.69) is 45.2 Å². The Hall–Kier alpha value is 0.440. The summed E-state index contributed by atoms with van der Waals surface area (Å²) in [7, 11) is 0. The highest BCUT2D eigenvalue weighted by Gasteiger charge is 2.09. The summed E-state index contributed by atoms with van der Waals surface area (Å²) in [6.45, 7) is 1.68. The summed E-state index contributed by atoms with van der Waals surface area (Å²) in [6.07, 6.45) is -0.528. The van der Waals surface area contributed by atoms with E-state index in [-0.39, 0.29) is 5.75 Å². The van der Waals surface area contributed by atoms with Crippen molar-refractivity contribution >= 4 is 45.2 Å². The van der Waals surface area contributed by atoms with Crippen LogP contribution in [0.4, 0.5) is 0 Å². The maximum Gasteiger partial charge on any atom is 0.129 e. The lowest BCUT2D eigenvalue weighted by Gasteiger charge is -2.08. The van der Waals surface area contributed by atoms with Gasteiger partial charge in [-0.2, -0.15) is 0 Å². The maximum atomic E-state index is 9.35. The molecule has 0 fully saturated rings. The van der Waals surface area contributed by atoms with Gasteiger partial charge in [0.2, 0.25) is 0 Å². The van der Waals surface area contributed by atoms with Crippen LogP contribution < -0.4 is 0 Å². The Kier molecular flexibility index (Phi) is 3.59. The number of phenolic OH excluding ortho intramolecular Hbond substituents is 1. The molecule has 66 valence electrons. The van der Waals surface area contributed by atoms with Gasteiger partial charge in [0.05, 0.1) is 9.67 Å². The normalized spacial score (nSPS) is 13.0. The molecule has 4 heteroatoms. The van der Waals surface area contributed by atoms with Crippen molar-refractivity contribution in [1.29, 1.82) is 0 Å². The Morgan fingerprint density at radius 2 is 1.83 bits per heavy atom. The lowest BCUT2D eigenvalue weighted by atomic mass is 10.1. The standard InChI is InChI=1S/C8H8I2O2/c1-4(11)5-2-8(12)7(10)3-6(5)9/h2-4,11-12H,1H3. The first-order valence-corrected chi connectivity index (χ1v) is 5.54. The molecule has 0 aliphatic carbocycles. The third-order valence-electron chi connectivity index (χ3n) is 1.52. The third kappa shape index (κ3) is 2.23. The summed E-state index contributed by atoms with van der Waals surface area (Å²) >= 11 is 4.20. The van der Waals surface area contributed by atoms with Gasteiger partial charge in [0.1, 0.15) is 5.75 Å². The molecule has 2 nitrogen and oxygen atoms in total. The van der Waals surface area contributed by atoms with E-state index >= 15 is 0 Å². The lowest BCUT2D eigenvalue weighted by Crippen LogP contribution is -1.95. The van der Waals surface area contributed by atoms with Crippen LogP contribution in [0.5, 0.6) is 5.75 Å². The van der Waals surface area contributed by atoms with Crippen molar-refractivity contribution in [2.75, 3.05) is 0 Å². The monoisotopic (exact) mass is 390 g/mol. The molecular weight excluding hydrogens is 382 g/mol. The second-order valence-electron chi connectivity index (χ2n) is 2.50. The molecule has 0 amide bonds. The molecule has 0 heterocycles. The minimum absolute atomic E-state index is 0.229. The van der Waals surface area contributed by atoms with Crippen LogP contribution in [0.15, 0.2) is 12.1 Å². The van der Waals surface area contributed by atoms with Crippen molar-refractivity contribution in [3.63, 3.8) is 0 Å². The van der Waals surface area contributed by atoms with Crippen LogP contribution in [0.1, 0.15) is 18.6 Å². The minimum Gasteiger partial charge on any atom is -0.507 e. The van der Waals surface area contributed by atoms with Crippen molar-refractivity contribution < 1.29 is 10.2 Å². The summed E-state index contributed by atoms with van der Waals surface area (Å²) < 4.78 is 1.78. The van der Waals surface area contributed by atoms with Gasteiger partial charge in [0.25, 0.3) is 0 Å². The van der Waals surface area contributed by atoms with Crippen molar-refractivity contribution in [1.82, 2.24) is 0 Å². The topological polar surface area (TPSA) is 40.5 Å². The van der Waals surface area contributed by atoms with Crippen LogP contribution in [0.2, 0.25) is 0 Å². The summed E-state index contributed by atoms with van der Waals surface area (Å²) in [5.41, 5.74) is 0.772. The maximum absolute atomic E-state index is 9.35. The van der Waals surface area contributed by atoms with Gasteiger partial charge in [-0.1, -0.05) is 0 Å². The van der Waals surface area contributed by atoms with Crippen molar-refractivity contribution in [3.8, 4) is 5.75 Å². The second kappa shape index (κ2) is 4.10. The molecule has 1 aromatic rings. The summed E-state index contributed by atoms with van der Waals surface area (Å²) in [5.74, 6) is 0.229. The van der Waals surface area contributed by atoms with Gasteiger partial charge in [0, 0.05) is 3.57 Å². The van der Waals surface area contributed by atoms with Crippen LogP contribution in [0.3, 0.4) is 0 Å². The number of hydrogen-bond acceptors (Lipinski definition) is 2. The summed E-state index contributed by atoms with van der Waals surface area (Å²) in [6, 6.07) is 3.45. The molecule has 2 N–H and O–H groups in total. The molecule has 0 radical (unpaired) electrons. The predicted octanol–water partition coefficient (Wildman–Crippen LogP) is 2.65. The van der Waals surface area contributed by atoms with Crippen LogP contribution in [0.25, 0.3) is 0 Å². The molecule has 0 aromatic heterocycles. The summed E-state index contributed by atoms with van der Waals surface area (Å²) in [5, 5.41) is 18.7. The van der Waals surface area contributed by atoms with Crippen LogP contribution in [0, 0.1) is 7.14 Å². The van der Waals surface area contributed by atoms with Gasteiger partial charge in [0.15, 0.2) is 0 Å². The fourth-order valence-corrected chi connectivity index (χ4v) is 2.85. The van der Waals surface area contributed by atoms with E-state index in [0.717, 1.165) is 12.7 Å². The van der Waals surface area contributed by atoms with Gasteiger partial charge >= 0.3 is 0 Å². The van der Waals surface area contributed by atoms with Gasteiger partial charge in [-0.15, -0.1) is 0 Å². The van der Waals surface area contributed by atoms with E-state index in [4.69, 9.17) is 0 Å². The van der Waals surface area contributed by atoms with E-state index in [9.17, 15) is 10.2 Å². The molecule has 0 bridgehead atoms. The third-order valence-corrected chi connectivity index (χ3v) is 3.31. The fourth-order valence-electron chi connectivity index (χ4n) is 0.874. The molecule has 0 aliphatic heterocycles. The zero-order valence-electron chi connectivity index (χ0n) is 6.38. The van der Waals surface area contributed by atoms with Gasteiger partial charge in [-0.05, 0) is 69.8 Å². The first-order valence-electron chi connectivity index (χ1n) is 3.38. The zero-order chi connectivity index (χ0) is 9.30. The Morgan fingerprint density at radius 1 is 1.25 bits per heavy atom. The quantitative estimate of drug-likeness (QED) is 0.725. The number of aliphatic hydroxyl groups is 1. The van der Waals surface area contributed by atoms with Crippen molar-refractivity contribution in [2.24, 2.45) is 0 Å².